The maximum absolute atomic E-state index is 12.6. The molecule has 0 spiro atoms. The Morgan fingerprint density at radius 1 is 1.12 bits per heavy atom. The highest BCUT2D eigenvalue weighted by molar-refractivity contribution is 7.86. The number of nitrogen functional groups attached to an aromatic ring is 1. The van der Waals surface area contributed by atoms with Crippen LogP contribution in [0.1, 0.15) is 15.9 Å². The van der Waals surface area contributed by atoms with Crippen molar-refractivity contribution in [3.8, 4) is 5.75 Å². The zero-order valence-corrected chi connectivity index (χ0v) is 14.5. The fraction of sp³-hybridized carbons (Fsp3) is 0.0556. The van der Waals surface area contributed by atoms with Crippen molar-refractivity contribution in [2.24, 2.45) is 0 Å². The van der Waals surface area contributed by atoms with Crippen LogP contribution in [-0.4, -0.2) is 24.0 Å². The largest absolute Gasteiger partial charge is 0.506 e. The van der Waals surface area contributed by atoms with Crippen LogP contribution >= 0.6 is 0 Å². The number of anilines is 2. The van der Waals surface area contributed by atoms with Gasteiger partial charge in [-0.3, -0.25) is 9.35 Å². The number of hydrogen-bond donors (Lipinski definition) is 4. The number of carbonyl (C=O) groups excluding carboxylic acids is 1. The molecule has 0 aliphatic heterocycles. The lowest BCUT2D eigenvalue weighted by Crippen LogP contribution is -2.13. The molecule has 0 aromatic heterocycles. The lowest BCUT2D eigenvalue weighted by molar-refractivity contribution is 0.102. The lowest BCUT2D eigenvalue weighted by Gasteiger charge is -2.13. The Labute approximate surface area is 149 Å². The summed E-state index contributed by atoms with van der Waals surface area (Å²) >= 11 is 0. The minimum Gasteiger partial charge on any atom is -0.506 e. The number of fused-ring (bicyclic) bond motifs is 1. The molecule has 0 saturated carbocycles. The third kappa shape index (κ3) is 3.19. The van der Waals surface area contributed by atoms with Crippen molar-refractivity contribution in [3.63, 3.8) is 0 Å². The summed E-state index contributed by atoms with van der Waals surface area (Å²) in [7, 11) is -4.56. The van der Waals surface area contributed by atoms with Crippen LogP contribution in [0, 0.1) is 6.92 Å². The highest BCUT2D eigenvalue weighted by Crippen LogP contribution is 2.37. The molecule has 7 nitrogen and oxygen atoms in total. The van der Waals surface area contributed by atoms with Crippen molar-refractivity contribution >= 4 is 38.2 Å². The van der Waals surface area contributed by atoms with E-state index in [1.807, 2.05) is 0 Å². The Balaban J connectivity index is 2.17. The fourth-order valence-corrected chi connectivity index (χ4v) is 3.41. The maximum Gasteiger partial charge on any atom is 0.295 e. The van der Waals surface area contributed by atoms with E-state index in [0.717, 1.165) is 0 Å². The molecule has 0 fully saturated rings. The molecule has 0 unspecified atom stereocenters. The second-order valence-electron chi connectivity index (χ2n) is 5.81. The number of phenolic OH excluding ortho intramolecular Hbond substituents is 1. The van der Waals surface area contributed by atoms with Crippen LogP contribution in [0.5, 0.6) is 5.75 Å². The van der Waals surface area contributed by atoms with Gasteiger partial charge in [-0.2, -0.15) is 8.42 Å². The number of aryl methyl sites for hydroxylation is 1. The molecule has 134 valence electrons. The molecule has 8 heteroatoms. The van der Waals surface area contributed by atoms with Gasteiger partial charge in [0, 0.05) is 16.6 Å². The van der Waals surface area contributed by atoms with Crippen molar-refractivity contribution in [2.45, 2.75) is 11.8 Å². The Morgan fingerprint density at radius 3 is 2.50 bits per heavy atom. The summed E-state index contributed by atoms with van der Waals surface area (Å²) in [6.07, 6.45) is 0. The average molecular weight is 372 g/mol. The molecule has 0 atom stereocenters. The molecule has 3 aromatic rings. The number of benzene rings is 3. The first-order chi connectivity index (χ1) is 12.2. The summed E-state index contributed by atoms with van der Waals surface area (Å²) in [6, 6.07) is 11.8. The summed E-state index contributed by atoms with van der Waals surface area (Å²) < 4.78 is 32.9. The number of hydrogen-bond acceptors (Lipinski definition) is 5. The van der Waals surface area contributed by atoms with Gasteiger partial charge in [0.05, 0.1) is 5.69 Å². The lowest BCUT2D eigenvalue weighted by atomic mass is 10.1. The standard InChI is InChI=1S/C18H16N2O5S/c1-10-9-12(5-7-13(10)19)18(22)20-17-14(21)8-6-11-3-2-4-15(16(11)17)26(23,24)25/h2-9,21H,19H2,1H3,(H,20,22)(H,23,24,25). The van der Waals surface area contributed by atoms with Crippen molar-refractivity contribution < 1.29 is 22.9 Å². The quantitative estimate of drug-likeness (QED) is 0.318. The van der Waals surface area contributed by atoms with Crippen LogP contribution in [0.15, 0.2) is 53.4 Å². The molecule has 5 N–H and O–H groups in total. The molecule has 0 saturated heterocycles. The number of phenols is 1. The fourth-order valence-electron chi connectivity index (χ4n) is 2.68. The molecule has 1 amide bonds. The van der Waals surface area contributed by atoms with Crippen LogP contribution < -0.4 is 11.1 Å². The van der Waals surface area contributed by atoms with Gasteiger partial charge < -0.3 is 16.2 Å². The molecule has 0 aliphatic rings. The third-order valence-electron chi connectivity index (χ3n) is 4.03. The summed E-state index contributed by atoms with van der Waals surface area (Å²) in [4.78, 5) is 12.2. The smallest absolute Gasteiger partial charge is 0.295 e. The topological polar surface area (TPSA) is 130 Å². The molecular formula is C18H16N2O5S. The van der Waals surface area contributed by atoms with Crippen molar-refractivity contribution in [2.75, 3.05) is 11.1 Å². The van der Waals surface area contributed by atoms with E-state index in [2.05, 4.69) is 5.32 Å². The van der Waals surface area contributed by atoms with Crippen molar-refractivity contribution in [1.29, 1.82) is 0 Å². The maximum atomic E-state index is 12.6. The number of aromatic hydroxyl groups is 1. The zero-order valence-electron chi connectivity index (χ0n) is 13.7. The second kappa shape index (κ2) is 6.32. The van der Waals surface area contributed by atoms with Gasteiger partial charge in [-0.1, -0.05) is 18.2 Å². The highest BCUT2D eigenvalue weighted by atomic mass is 32.2. The van der Waals surface area contributed by atoms with E-state index in [-0.39, 0.29) is 22.4 Å². The highest BCUT2D eigenvalue weighted by Gasteiger charge is 2.20. The van der Waals surface area contributed by atoms with Crippen LogP contribution in [0.4, 0.5) is 11.4 Å². The Hall–Kier alpha value is -3.10. The van der Waals surface area contributed by atoms with Gasteiger partial charge in [-0.15, -0.1) is 0 Å². The SMILES string of the molecule is Cc1cc(C(=O)Nc2c(O)ccc3cccc(S(=O)(=O)O)c23)ccc1N. The molecule has 0 aliphatic carbocycles. The van der Waals surface area contributed by atoms with Gasteiger partial charge >= 0.3 is 0 Å². The first-order valence-electron chi connectivity index (χ1n) is 7.58. The molecule has 0 heterocycles. The molecule has 3 aromatic carbocycles. The minimum absolute atomic E-state index is 0.0236. The van der Waals surface area contributed by atoms with Gasteiger partial charge in [-0.05, 0) is 48.2 Å². The van der Waals surface area contributed by atoms with Crippen molar-refractivity contribution in [1.82, 2.24) is 0 Å². The van der Waals surface area contributed by atoms with Gasteiger partial charge in [0.15, 0.2) is 0 Å². The average Bonchev–Trinajstić information content (AvgIpc) is 2.58. The normalized spacial score (nSPS) is 11.5. The van der Waals surface area contributed by atoms with E-state index in [0.29, 0.717) is 16.6 Å². The monoisotopic (exact) mass is 372 g/mol. The van der Waals surface area contributed by atoms with Gasteiger partial charge in [-0.25, -0.2) is 0 Å². The van der Waals surface area contributed by atoms with E-state index in [4.69, 9.17) is 5.73 Å². The van der Waals surface area contributed by atoms with Crippen LogP contribution in [0.2, 0.25) is 0 Å². The first kappa shape index (κ1) is 17.7. The Morgan fingerprint density at radius 2 is 1.85 bits per heavy atom. The Kier molecular flexibility index (Phi) is 4.31. The third-order valence-corrected chi connectivity index (χ3v) is 4.93. The van der Waals surface area contributed by atoms with E-state index in [1.165, 1.54) is 30.3 Å². The molecular weight excluding hydrogens is 356 g/mol. The van der Waals surface area contributed by atoms with Crippen LogP contribution in [0.25, 0.3) is 10.8 Å². The minimum atomic E-state index is -4.56. The number of carbonyl (C=O) groups is 1. The van der Waals surface area contributed by atoms with Gasteiger partial charge in [0.25, 0.3) is 16.0 Å². The van der Waals surface area contributed by atoms with E-state index >= 15 is 0 Å². The number of rotatable bonds is 3. The second-order valence-corrected chi connectivity index (χ2v) is 7.20. The molecule has 0 bridgehead atoms. The summed E-state index contributed by atoms with van der Waals surface area (Å²) in [5.41, 5.74) is 7.17. The van der Waals surface area contributed by atoms with E-state index < -0.39 is 20.9 Å². The van der Waals surface area contributed by atoms with Gasteiger partial charge in [0.1, 0.15) is 10.6 Å². The Bertz CT molecular complexity index is 1140. The number of nitrogens with two attached hydrogens (primary N) is 1. The summed E-state index contributed by atoms with van der Waals surface area (Å²) in [5.74, 6) is -0.879. The predicted molar refractivity (Wildman–Crippen MR) is 99.0 cm³/mol. The number of nitrogens with one attached hydrogen (secondary N) is 1. The predicted octanol–water partition coefficient (Wildman–Crippen LogP) is 2.94. The van der Waals surface area contributed by atoms with Crippen LogP contribution in [-0.2, 0) is 10.1 Å². The summed E-state index contributed by atoms with van der Waals surface area (Å²) in [5, 5.41) is 13.2. The molecule has 3 rings (SSSR count). The summed E-state index contributed by atoms with van der Waals surface area (Å²) in [6.45, 7) is 1.75. The van der Waals surface area contributed by atoms with Crippen molar-refractivity contribution in [3.05, 3.63) is 59.7 Å². The zero-order chi connectivity index (χ0) is 19.1. The molecule has 26 heavy (non-hydrogen) atoms. The molecule has 0 radical (unpaired) electrons. The van der Waals surface area contributed by atoms with Crippen LogP contribution in [0.3, 0.4) is 0 Å². The first-order valence-corrected chi connectivity index (χ1v) is 9.02. The van der Waals surface area contributed by atoms with Gasteiger partial charge in [0.2, 0.25) is 0 Å². The number of amides is 1. The van der Waals surface area contributed by atoms with E-state index in [1.54, 1.807) is 25.1 Å². The van der Waals surface area contributed by atoms with E-state index in [9.17, 15) is 22.9 Å².